The van der Waals surface area contributed by atoms with Gasteiger partial charge in [0, 0.05) is 6.42 Å². The molecule has 0 aliphatic carbocycles. The fourth-order valence-corrected chi connectivity index (χ4v) is 1.76. The maximum Gasteiger partial charge on any atom is 0.102 e. The Hall–Kier alpha value is -1.33. The van der Waals surface area contributed by atoms with E-state index in [2.05, 4.69) is 36.9 Å². The third-order valence-corrected chi connectivity index (χ3v) is 2.67. The number of nitrogens with zero attached hydrogens (tertiary/aromatic N) is 2. The first-order valence-corrected chi connectivity index (χ1v) is 5.49. The van der Waals surface area contributed by atoms with Gasteiger partial charge in [0.25, 0.3) is 0 Å². The van der Waals surface area contributed by atoms with Crippen molar-refractivity contribution in [2.75, 3.05) is 13.1 Å². The van der Waals surface area contributed by atoms with Crippen LogP contribution in [-0.2, 0) is 6.42 Å². The Kier molecular flexibility index (Phi) is 4.86. The summed E-state index contributed by atoms with van der Waals surface area (Å²) in [4.78, 5) is 2.19. The maximum absolute atomic E-state index is 9.13. The van der Waals surface area contributed by atoms with Crippen molar-refractivity contribution in [3.8, 4) is 6.07 Å². The van der Waals surface area contributed by atoms with E-state index in [0.29, 0.717) is 0 Å². The molecule has 0 saturated heterocycles. The van der Waals surface area contributed by atoms with Gasteiger partial charge in [-0.25, -0.2) is 0 Å². The molecule has 80 valence electrons. The standard InChI is InChI=1S/C13H18N2/c1-3-15(4-2)13(11-14)10-12-8-6-5-7-9-12/h5-9,13H,3-4,10H2,1-2H3. The third-order valence-electron chi connectivity index (χ3n) is 2.67. The predicted octanol–water partition coefficient (Wildman–Crippen LogP) is 2.46. The quantitative estimate of drug-likeness (QED) is 0.733. The normalized spacial score (nSPS) is 12.4. The molecule has 1 rings (SSSR count). The fraction of sp³-hybridized carbons (Fsp3) is 0.462. The summed E-state index contributed by atoms with van der Waals surface area (Å²) in [6.45, 7) is 6.06. The second-order valence-electron chi connectivity index (χ2n) is 3.56. The number of nitriles is 1. The van der Waals surface area contributed by atoms with Crippen LogP contribution < -0.4 is 0 Å². The van der Waals surface area contributed by atoms with E-state index in [1.165, 1.54) is 5.56 Å². The first kappa shape index (κ1) is 11.7. The molecule has 0 aromatic heterocycles. The highest BCUT2D eigenvalue weighted by Crippen LogP contribution is 2.08. The Labute approximate surface area is 92.1 Å². The van der Waals surface area contributed by atoms with E-state index in [1.54, 1.807) is 0 Å². The van der Waals surface area contributed by atoms with Gasteiger partial charge in [-0.3, -0.25) is 4.90 Å². The summed E-state index contributed by atoms with van der Waals surface area (Å²) in [5.74, 6) is 0. The van der Waals surface area contributed by atoms with Crippen molar-refractivity contribution in [3.05, 3.63) is 35.9 Å². The highest BCUT2D eigenvalue weighted by molar-refractivity contribution is 5.17. The number of rotatable bonds is 5. The van der Waals surface area contributed by atoms with Crippen molar-refractivity contribution < 1.29 is 0 Å². The van der Waals surface area contributed by atoms with E-state index in [9.17, 15) is 0 Å². The monoisotopic (exact) mass is 202 g/mol. The predicted molar refractivity (Wildman–Crippen MR) is 62.5 cm³/mol. The number of likely N-dealkylation sites (N-methyl/N-ethyl adjacent to an activating group) is 1. The first-order chi connectivity index (χ1) is 7.31. The van der Waals surface area contributed by atoms with Gasteiger partial charge in [0.2, 0.25) is 0 Å². The molecule has 0 radical (unpaired) electrons. The summed E-state index contributed by atoms with van der Waals surface area (Å²) in [5.41, 5.74) is 1.23. The lowest BCUT2D eigenvalue weighted by Gasteiger charge is -2.23. The van der Waals surface area contributed by atoms with Crippen LogP contribution in [-0.4, -0.2) is 24.0 Å². The summed E-state index contributed by atoms with van der Waals surface area (Å²) in [6, 6.07) is 12.6. The third kappa shape index (κ3) is 3.38. The van der Waals surface area contributed by atoms with Crippen LogP contribution in [0.4, 0.5) is 0 Å². The molecule has 1 atom stereocenters. The minimum Gasteiger partial charge on any atom is -0.288 e. The van der Waals surface area contributed by atoms with Gasteiger partial charge < -0.3 is 0 Å². The summed E-state index contributed by atoms with van der Waals surface area (Å²) in [6.07, 6.45) is 0.818. The summed E-state index contributed by atoms with van der Waals surface area (Å²) >= 11 is 0. The van der Waals surface area contributed by atoms with E-state index in [-0.39, 0.29) is 6.04 Å². The van der Waals surface area contributed by atoms with Crippen LogP contribution in [0.3, 0.4) is 0 Å². The zero-order valence-corrected chi connectivity index (χ0v) is 9.48. The molecule has 0 spiro atoms. The van der Waals surface area contributed by atoms with Gasteiger partial charge >= 0.3 is 0 Å². The number of benzene rings is 1. The molecule has 2 nitrogen and oxygen atoms in total. The minimum absolute atomic E-state index is 0.00222. The summed E-state index contributed by atoms with van der Waals surface area (Å²) in [5, 5.41) is 9.13. The van der Waals surface area contributed by atoms with Gasteiger partial charge in [0.15, 0.2) is 0 Å². The van der Waals surface area contributed by atoms with Crippen molar-refractivity contribution in [3.63, 3.8) is 0 Å². The molecule has 1 aromatic rings. The molecular formula is C13H18N2. The maximum atomic E-state index is 9.13. The van der Waals surface area contributed by atoms with Gasteiger partial charge in [0.05, 0.1) is 6.07 Å². The van der Waals surface area contributed by atoms with Crippen LogP contribution in [0.2, 0.25) is 0 Å². The molecule has 0 aliphatic rings. The molecule has 0 heterocycles. The van der Waals surface area contributed by atoms with E-state index >= 15 is 0 Å². The summed E-state index contributed by atoms with van der Waals surface area (Å²) in [7, 11) is 0. The van der Waals surface area contributed by atoms with Crippen LogP contribution in [0, 0.1) is 11.3 Å². The van der Waals surface area contributed by atoms with Crippen molar-refractivity contribution in [1.29, 1.82) is 5.26 Å². The smallest absolute Gasteiger partial charge is 0.102 e. The molecule has 0 fully saturated rings. The summed E-state index contributed by atoms with van der Waals surface area (Å²) < 4.78 is 0. The zero-order chi connectivity index (χ0) is 11.1. The Morgan fingerprint density at radius 2 is 1.80 bits per heavy atom. The van der Waals surface area contributed by atoms with Crippen LogP contribution in [0.1, 0.15) is 19.4 Å². The first-order valence-electron chi connectivity index (χ1n) is 5.49. The molecule has 0 bridgehead atoms. The molecular weight excluding hydrogens is 184 g/mol. The van der Waals surface area contributed by atoms with Crippen molar-refractivity contribution >= 4 is 0 Å². The largest absolute Gasteiger partial charge is 0.288 e. The Bertz CT molecular complexity index is 309. The minimum atomic E-state index is 0.00222. The Morgan fingerprint density at radius 3 is 2.27 bits per heavy atom. The molecule has 0 aliphatic heterocycles. The van der Waals surface area contributed by atoms with E-state index in [0.717, 1.165) is 19.5 Å². The van der Waals surface area contributed by atoms with Gasteiger partial charge in [0.1, 0.15) is 6.04 Å². The number of hydrogen-bond acceptors (Lipinski definition) is 2. The Balaban J connectivity index is 2.66. The molecule has 0 saturated carbocycles. The SMILES string of the molecule is CCN(CC)C(C#N)Cc1ccccc1. The molecule has 1 aromatic carbocycles. The average molecular weight is 202 g/mol. The molecule has 0 amide bonds. The van der Waals surface area contributed by atoms with Crippen LogP contribution in [0.5, 0.6) is 0 Å². The van der Waals surface area contributed by atoms with E-state index in [4.69, 9.17) is 5.26 Å². The molecule has 15 heavy (non-hydrogen) atoms. The molecule has 0 N–H and O–H groups in total. The van der Waals surface area contributed by atoms with Crippen molar-refractivity contribution in [1.82, 2.24) is 4.90 Å². The van der Waals surface area contributed by atoms with E-state index in [1.807, 2.05) is 18.2 Å². The highest BCUT2D eigenvalue weighted by atomic mass is 15.1. The van der Waals surface area contributed by atoms with Crippen LogP contribution >= 0.6 is 0 Å². The van der Waals surface area contributed by atoms with Crippen molar-refractivity contribution in [2.24, 2.45) is 0 Å². The van der Waals surface area contributed by atoms with Crippen molar-refractivity contribution in [2.45, 2.75) is 26.3 Å². The highest BCUT2D eigenvalue weighted by Gasteiger charge is 2.14. The van der Waals surface area contributed by atoms with Crippen LogP contribution in [0.15, 0.2) is 30.3 Å². The fourth-order valence-electron chi connectivity index (χ4n) is 1.76. The van der Waals surface area contributed by atoms with Gasteiger partial charge in [-0.05, 0) is 18.7 Å². The van der Waals surface area contributed by atoms with Gasteiger partial charge in [-0.1, -0.05) is 44.2 Å². The Morgan fingerprint density at radius 1 is 1.20 bits per heavy atom. The second kappa shape index (κ2) is 6.21. The lowest BCUT2D eigenvalue weighted by molar-refractivity contribution is 0.258. The number of hydrogen-bond donors (Lipinski definition) is 0. The van der Waals surface area contributed by atoms with Gasteiger partial charge in [-0.15, -0.1) is 0 Å². The van der Waals surface area contributed by atoms with E-state index < -0.39 is 0 Å². The zero-order valence-electron chi connectivity index (χ0n) is 9.48. The lowest BCUT2D eigenvalue weighted by atomic mass is 10.1. The molecule has 2 heteroatoms. The average Bonchev–Trinajstić information content (AvgIpc) is 2.30. The molecule has 1 unspecified atom stereocenters. The second-order valence-corrected chi connectivity index (χ2v) is 3.56. The topological polar surface area (TPSA) is 27.0 Å². The van der Waals surface area contributed by atoms with Gasteiger partial charge in [-0.2, -0.15) is 5.26 Å². The van der Waals surface area contributed by atoms with Crippen LogP contribution in [0.25, 0.3) is 0 Å². The lowest BCUT2D eigenvalue weighted by Crippen LogP contribution is -2.35.